The number of aliphatic hydroxyl groups excluding tert-OH is 1. The Morgan fingerprint density at radius 2 is 0.608 bits per heavy atom. The Bertz CT molecular complexity index is 2720. The van der Waals surface area contributed by atoms with Crippen LogP contribution in [-0.2, 0) is 103 Å². The van der Waals surface area contributed by atoms with E-state index in [0.29, 0.717) is 0 Å². The summed E-state index contributed by atoms with van der Waals surface area (Å²) in [5.41, 5.74) is 5.58. The first-order valence-electron chi connectivity index (χ1n) is 24.8. The van der Waals surface area contributed by atoms with Crippen molar-refractivity contribution in [3.05, 3.63) is 251 Å². The number of hydrogen-bond acceptors (Lipinski definition) is 13. The van der Waals surface area contributed by atoms with Gasteiger partial charge in [0.2, 0.25) is 0 Å². The molecule has 1 N–H and O–H groups in total. The molecule has 0 aliphatic carbocycles. The average Bonchev–Trinajstić information content (AvgIpc) is 3.46. The van der Waals surface area contributed by atoms with Gasteiger partial charge in [-0.3, -0.25) is 0 Å². The lowest BCUT2D eigenvalue weighted by atomic mass is 9.95. The summed E-state index contributed by atoms with van der Waals surface area (Å²) in [6.07, 6.45) is -13.8. The standard InChI is InChI=1S/C61H60O13/c62-50-51(65-36-43-22-8-1-9-23-43)56(67-38-45-26-12-3-13-27-45)61(72-52(50)58(63)69-40-47-30-16-5-17-31-47)73-54-53(66-37-44-24-10-2-11-25-44)57(68-39-46-28-14-4-15-29-46)60(71-42-49-34-20-7-21-35-49)74-55(54)59(64)70-41-48-32-18-6-19-33-48/h1-35,50-57,60-62H,36-42H2/t50-,51+,52?,53+,54-,55?,56-,57-,60-,61-/m1/s1. The van der Waals surface area contributed by atoms with Crippen molar-refractivity contribution in [3.63, 3.8) is 0 Å². The van der Waals surface area contributed by atoms with Crippen molar-refractivity contribution in [2.45, 2.75) is 108 Å². The Hall–Kier alpha value is -6.88. The number of ether oxygens (including phenoxy) is 10. The normalized spacial score (nSPS) is 23.6. The third-order valence-corrected chi connectivity index (χ3v) is 12.6. The van der Waals surface area contributed by atoms with Crippen molar-refractivity contribution in [2.75, 3.05) is 0 Å². The van der Waals surface area contributed by atoms with Crippen LogP contribution in [0.3, 0.4) is 0 Å². The van der Waals surface area contributed by atoms with E-state index in [1.54, 1.807) is 0 Å². The highest BCUT2D eigenvalue weighted by Gasteiger charge is 2.57. The van der Waals surface area contributed by atoms with Gasteiger partial charge in [0.15, 0.2) is 24.8 Å². The second-order valence-electron chi connectivity index (χ2n) is 18.0. The van der Waals surface area contributed by atoms with Gasteiger partial charge in [-0.05, 0) is 38.9 Å². The van der Waals surface area contributed by atoms with Crippen LogP contribution in [0.5, 0.6) is 0 Å². The Balaban J connectivity index is 1.12. The second kappa shape index (κ2) is 26.9. The number of carbonyl (C=O) groups is 2. The highest BCUT2D eigenvalue weighted by molar-refractivity contribution is 5.76. The van der Waals surface area contributed by atoms with E-state index in [-0.39, 0.29) is 46.2 Å². The maximum absolute atomic E-state index is 14.9. The van der Waals surface area contributed by atoms with E-state index in [4.69, 9.17) is 47.4 Å². The number of esters is 2. The van der Waals surface area contributed by atoms with Gasteiger partial charge >= 0.3 is 11.9 Å². The second-order valence-corrected chi connectivity index (χ2v) is 18.0. The van der Waals surface area contributed by atoms with Gasteiger partial charge in [0.05, 0.1) is 33.0 Å². The largest absolute Gasteiger partial charge is 0.459 e. The van der Waals surface area contributed by atoms with Crippen molar-refractivity contribution in [1.29, 1.82) is 0 Å². The number of benzene rings is 7. The summed E-state index contributed by atoms with van der Waals surface area (Å²) in [6, 6.07) is 66.0. The topological polar surface area (TPSA) is 147 Å². The maximum atomic E-state index is 14.9. The monoisotopic (exact) mass is 1000 g/mol. The third kappa shape index (κ3) is 14.4. The molecule has 0 aromatic heterocycles. The molecule has 9 rings (SSSR count). The summed E-state index contributed by atoms with van der Waals surface area (Å²) in [4.78, 5) is 29.2. The van der Waals surface area contributed by atoms with Gasteiger partial charge in [-0.15, -0.1) is 0 Å². The predicted molar refractivity (Wildman–Crippen MR) is 272 cm³/mol. The molecule has 10 atom stereocenters. The summed E-state index contributed by atoms with van der Waals surface area (Å²) >= 11 is 0. The van der Waals surface area contributed by atoms with Gasteiger partial charge in [0.25, 0.3) is 0 Å². The average molecular weight is 1000 g/mol. The van der Waals surface area contributed by atoms with E-state index in [1.807, 2.05) is 212 Å². The van der Waals surface area contributed by atoms with Crippen LogP contribution in [0.15, 0.2) is 212 Å². The van der Waals surface area contributed by atoms with Crippen molar-refractivity contribution >= 4 is 11.9 Å². The molecule has 0 radical (unpaired) electrons. The number of carbonyl (C=O) groups excluding carboxylic acids is 2. The van der Waals surface area contributed by atoms with Crippen LogP contribution in [-0.4, -0.2) is 78.5 Å². The molecule has 2 aliphatic rings. The lowest BCUT2D eigenvalue weighted by Crippen LogP contribution is -2.67. The van der Waals surface area contributed by atoms with Crippen LogP contribution >= 0.6 is 0 Å². The zero-order chi connectivity index (χ0) is 50.7. The number of rotatable bonds is 23. The molecular weight excluding hydrogens is 941 g/mol. The molecule has 0 saturated carbocycles. The molecule has 2 heterocycles. The summed E-state index contributed by atoms with van der Waals surface area (Å²) < 4.78 is 66.1. The third-order valence-electron chi connectivity index (χ3n) is 12.6. The van der Waals surface area contributed by atoms with Gasteiger partial charge in [0, 0.05) is 0 Å². The SMILES string of the molecule is O=C(OCc1ccccc1)C1O[C@H](O[C@H]2C(C(=O)OCc3ccccc3)O[C@@H](OCc3ccccc3)[C@H](OCc3ccccc3)[C@H]2OCc2ccccc2)[C@H](OCc2ccccc2)[C@@H](OCc2ccccc2)[C@H]1O. The molecule has 0 amide bonds. The molecule has 2 saturated heterocycles. The summed E-state index contributed by atoms with van der Waals surface area (Å²) in [6.45, 7) is 0.0747. The molecule has 0 bridgehead atoms. The minimum Gasteiger partial charge on any atom is -0.459 e. The summed E-state index contributed by atoms with van der Waals surface area (Å²) in [7, 11) is 0. The van der Waals surface area contributed by atoms with Crippen LogP contribution in [0.2, 0.25) is 0 Å². The van der Waals surface area contributed by atoms with E-state index in [0.717, 1.165) is 38.9 Å². The van der Waals surface area contributed by atoms with E-state index in [9.17, 15) is 14.7 Å². The molecule has 13 heteroatoms. The van der Waals surface area contributed by atoms with Crippen molar-refractivity contribution < 1.29 is 62.1 Å². The Labute approximate surface area is 431 Å². The van der Waals surface area contributed by atoms with E-state index >= 15 is 0 Å². The Morgan fingerprint density at radius 1 is 0.324 bits per heavy atom. The van der Waals surface area contributed by atoms with E-state index in [1.165, 1.54) is 0 Å². The molecule has 2 unspecified atom stereocenters. The van der Waals surface area contributed by atoms with Crippen molar-refractivity contribution in [2.24, 2.45) is 0 Å². The Morgan fingerprint density at radius 3 is 0.986 bits per heavy atom. The molecular formula is C61H60O13. The smallest absolute Gasteiger partial charge is 0.338 e. The zero-order valence-corrected chi connectivity index (χ0v) is 40.8. The van der Waals surface area contributed by atoms with E-state index in [2.05, 4.69) is 0 Å². The first-order valence-corrected chi connectivity index (χ1v) is 24.8. The highest BCUT2D eigenvalue weighted by Crippen LogP contribution is 2.37. The maximum Gasteiger partial charge on any atom is 0.338 e. The van der Waals surface area contributed by atoms with Gasteiger partial charge < -0.3 is 52.5 Å². The fourth-order valence-corrected chi connectivity index (χ4v) is 8.74. The van der Waals surface area contributed by atoms with Gasteiger partial charge in [-0.25, -0.2) is 9.59 Å². The summed E-state index contributed by atoms with van der Waals surface area (Å²) in [5.74, 6) is -1.67. The summed E-state index contributed by atoms with van der Waals surface area (Å²) in [5, 5.41) is 12.3. The first kappa shape index (κ1) is 52.0. The van der Waals surface area contributed by atoms with Crippen molar-refractivity contribution in [3.8, 4) is 0 Å². The quantitative estimate of drug-likeness (QED) is 0.0609. The molecule has 7 aromatic rings. The number of aliphatic hydroxyl groups is 1. The van der Waals surface area contributed by atoms with Gasteiger partial charge in [-0.1, -0.05) is 212 Å². The fourth-order valence-electron chi connectivity index (χ4n) is 8.74. The molecule has 74 heavy (non-hydrogen) atoms. The molecule has 7 aromatic carbocycles. The van der Waals surface area contributed by atoms with Crippen LogP contribution in [0.1, 0.15) is 38.9 Å². The first-order chi connectivity index (χ1) is 36.4. The minimum absolute atomic E-state index is 0.0195. The molecule has 0 spiro atoms. The highest BCUT2D eigenvalue weighted by atomic mass is 16.8. The lowest BCUT2D eigenvalue weighted by Gasteiger charge is -2.48. The molecule has 2 fully saturated rings. The minimum atomic E-state index is -1.66. The van der Waals surface area contributed by atoms with Crippen molar-refractivity contribution in [1.82, 2.24) is 0 Å². The van der Waals surface area contributed by atoms with Crippen LogP contribution in [0.4, 0.5) is 0 Å². The lowest BCUT2D eigenvalue weighted by molar-refractivity contribution is -0.367. The predicted octanol–water partition coefficient (Wildman–Crippen LogP) is 9.23. The molecule has 382 valence electrons. The zero-order valence-electron chi connectivity index (χ0n) is 40.8. The fraction of sp³-hybridized carbons (Fsp3) is 0.279. The van der Waals surface area contributed by atoms with Gasteiger partial charge in [0.1, 0.15) is 49.8 Å². The van der Waals surface area contributed by atoms with E-state index < -0.39 is 73.4 Å². The van der Waals surface area contributed by atoms with Gasteiger partial charge in [-0.2, -0.15) is 0 Å². The van der Waals surface area contributed by atoms with Crippen LogP contribution in [0, 0.1) is 0 Å². The van der Waals surface area contributed by atoms with Crippen LogP contribution < -0.4 is 0 Å². The molecule has 13 nitrogen and oxygen atoms in total. The van der Waals surface area contributed by atoms with Crippen LogP contribution in [0.25, 0.3) is 0 Å². The number of hydrogen-bond donors (Lipinski definition) is 1. The molecule has 2 aliphatic heterocycles. The Kier molecular flexibility index (Phi) is 18.9.